The molecular weight excluding hydrogens is 362 g/mol. The van der Waals surface area contributed by atoms with Crippen LogP contribution in [-0.4, -0.2) is 68.6 Å². The zero-order chi connectivity index (χ0) is 19.9. The molecule has 1 amide bonds. The molecule has 1 aromatic rings. The Balaban J connectivity index is 1.42. The molecule has 2 N–H and O–H groups in total. The first-order valence-corrected chi connectivity index (χ1v) is 9.85. The minimum Gasteiger partial charge on any atom is -0.464 e. The van der Waals surface area contributed by atoms with Gasteiger partial charge >= 0.3 is 12.1 Å². The number of hydrogen-bond donors (Lipinski definition) is 1. The molecular formula is C20H29N3O5. The van der Waals surface area contributed by atoms with Gasteiger partial charge in [0.15, 0.2) is 0 Å². The minimum absolute atomic E-state index is 0.0106. The number of hydrogen-bond acceptors (Lipinski definition) is 7. The van der Waals surface area contributed by atoms with Crippen molar-refractivity contribution in [3.05, 3.63) is 29.8 Å². The zero-order valence-corrected chi connectivity index (χ0v) is 16.3. The van der Waals surface area contributed by atoms with Crippen LogP contribution in [0.25, 0.3) is 0 Å². The van der Waals surface area contributed by atoms with E-state index in [4.69, 9.17) is 19.9 Å². The van der Waals surface area contributed by atoms with E-state index < -0.39 is 0 Å². The van der Waals surface area contributed by atoms with Crippen LogP contribution in [-0.2, 0) is 25.5 Å². The van der Waals surface area contributed by atoms with Gasteiger partial charge in [-0.15, -0.1) is 0 Å². The lowest BCUT2D eigenvalue weighted by Gasteiger charge is -2.32. The number of carbonyl (C=O) groups excluding carboxylic acids is 2. The molecule has 0 spiro atoms. The molecule has 1 aromatic carbocycles. The van der Waals surface area contributed by atoms with Gasteiger partial charge in [0.25, 0.3) is 0 Å². The van der Waals surface area contributed by atoms with E-state index in [0.717, 1.165) is 37.2 Å². The van der Waals surface area contributed by atoms with Gasteiger partial charge in [-0.25, -0.2) is 9.59 Å². The Hall–Kier alpha value is -2.16. The van der Waals surface area contributed by atoms with E-state index >= 15 is 0 Å². The van der Waals surface area contributed by atoms with Crippen molar-refractivity contribution >= 4 is 17.7 Å². The SMILES string of the molecule is CCOC(=O)COC1CCN(CC2CN(c3ccc(CN)cc3)C(=O)O2)CC1. The third-order valence-corrected chi connectivity index (χ3v) is 5.10. The highest BCUT2D eigenvalue weighted by Gasteiger charge is 2.34. The van der Waals surface area contributed by atoms with Crippen LogP contribution < -0.4 is 10.6 Å². The second-order valence-corrected chi connectivity index (χ2v) is 7.10. The maximum absolute atomic E-state index is 12.2. The zero-order valence-electron chi connectivity index (χ0n) is 16.3. The Labute approximate surface area is 165 Å². The van der Waals surface area contributed by atoms with E-state index in [9.17, 15) is 9.59 Å². The normalized spacial score (nSPS) is 21.0. The number of piperidine rings is 1. The Morgan fingerprint density at radius 1 is 1.25 bits per heavy atom. The van der Waals surface area contributed by atoms with Crippen molar-refractivity contribution in [2.24, 2.45) is 5.73 Å². The first-order chi connectivity index (χ1) is 13.6. The molecule has 2 heterocycles. The van der Waals surface area contributed by atoms with Gasteiger partial charge in [-0.3, -0.25) is 9.80 Å². The lowest BCUT2D eigenvalue weighted by molar-refractivity contribution is -0.151. The number of amides is 1. The molecule has 1 atom stereocenters. The average molecular weight is 391 g/mol. The molecule has 0 aromatic heterocycles. The van der Waals surface area contributed by atoms with Gasteiger partial charge < -0.3 is 19.9 Å². The number of nitrogens with zero attached hydrogens (tertiary/aromatic N) is 2. The molecule has 8 heteroatoms. The molecule has 3 rings (SSSR count). The van der Waals surface area contributed by atoms with Crippen molar-refractivity contribution in [1.82, 2.24) is 4.90 Å². The highest BCUT2D eigenvalue weighted by Crippen LogP contribution is 2.23. The van der Waals surface area contributed by atoms with Crippen LogP contribution in [0.3, 0.4) is 0 Å². The number of esters is 1. The van der Waals surface area contributed by atoms with Crippen molar-refractivity contribution in [1.29, 1.82) is 0 Å². The number of carbonyl (C=O) groups is 2. The third kappa shape index (κ3) is 5.43. The van der Waals surface area contributed by atoms with Gasteiger partial charge in [0.2, 0.25) is 0 Å². The van der Waals surface area contributed by atoms with E-state index in [-0.39, 0.29) is 30.9 Å². The number of benzene rings is 1. The molecule has 1 unspecified atom stereocenters. The van der Waals surface area contributed by atoms with Crippen LogP contribution in [0.4, 0.5) is 10.5 Å². The van der Waals surface area contributed by atoms with E-state index in [1.54, 1.807) is 11.8 Å². The predicted molar refractivity (Wildman–Crippen MR) is 104 cm³/mol. The number of anilines is 1. The standard InChI is InChI=1S/C20H29N3O5/c1-2-26-19(24)14-27-17-7-9-22(10-8-17)12-18-13-23(20(25)28-18)16-5-3-15(11-21)4-6-16/h3-6,17-18H,2,7-14,21H2,1H3. The lowest BCUT2D eigenvalue weighted by atomic mass is 10.1. The van der Waals surface area contributed by atoms with Crippen molar-refractivity contribution in [3.63, 3.8) is 0 Å². The molecule has 0 radical (unpaired) electrons. The van der Waals surface area contributed by atoms with Crippen LogP contribution in [0.2, 0.25) is 0 Å². The van der Waals surface area contributed by atoms with Crippen LogP contribution >= 0.6 is 0 Å². The Kier molecular flexibility index (Phi) is 7.24. The summed E-state index contributed by atoms with van der Waals surface area (Å²) in [6.45, 7) is 5.59. The third-order valence-electron chi connectivity index (χ3n) is 5.10. The lowest BCUT2D eigenvalue weighted by Crippen LogP contribution is -2.42. The fourth-order valence-electron chi connectivity index (χ4n) is 3.57. The highest BCUT2D eigenvalue weighted by atomic mass is 16.6. The monoisotopic (exact) mass is 391 g/mol. The van der Waals surface area contributed by atoms with Crippen molar-refractivity contribution in [2.45, 2.75) is 38.5 Å². The number of cyclic esters (lactones) is 1. The molecule has 154 valence electrons. The van der Waals surface area contributed by atoms with Crippen LogP contribution in [0.15, 0.2) is 24.3 Å². The molecule has 2 aliphatic heterocycles. The Morgan fingerprint density at radius 2 is 1.96 bits per heavy atom. The first-order valence-electron chi connectivity index (χ1n) is 9.85. The summed E-state index contributed by atoms with van der Waals surface area (Å²) in [4.78, 5) is 27.6. The van der Waals surface area contributed by atoms with E-state index in [2.05, 4.69) is 4.90 Å². The number of likely N-dealkylation sites (tertiary alicyclic amines) is 1. The van der Waals surface area contributed by atoms with Crippen molar-refractivity contribution < 1.29 is 23.8 Å². The maximum Gasteiger partial charge on any atom is 0.414 e. The van der Waals surface area contributed by atoms with Gasteiger partial charge in [0.1, 0.15) is 12.7 Å². The summed E-state index contributed by atoms with van der Waals surface area (Å²) in [6.07, 6.45) is 1.32. The summed E-state index contributed by atoms with van der Waals surface area (Å²) in [5.41, 5.74) is 7.48. The van der Waals surface area contributed by atoms with E-state index in [0.29, 0.717) is 26.2 Å². The topological polar surface area (TPSA) is 94.3 Å². The van der Waals surface area contributed by atoms with E-state index in [1.807, 2.05) is 24.3 Å². The summed E-state index contributed by atoms with van der Waals surface area (Å²) < 4.78 is 16.0. The highest BCUT2D eigenvalue weighted by molar-refractivity contribution is 5.89. The molecule has 0 bridgehead atoms. The van der Waals surface area contributed by atoms with Crippen LogP contribution in [0, 0.1) is 0 Å². The van der Waals surface area contributed by atoms with Crippen molar-refractivity contribution in [2.75, 3.05) is 44.3 Å². The largest absolute Gasteiger partial charge is 0.464 e. The van der Waals surface area contributed by atoms with Gasteiger partial charge in [-0.1, -0.05) is 12.1 Å². The second kappa shape index (κ2) is 9.86. The number of rotatable bonds is 8. The van der Waals surface area contributed by atoms with Gasteiger partial charge in [0, 0.05) is 31.9 Å². The number of nitrogens with two attached hydrogens (primary N) is 1. The van der Waals surface area contributed by atoms with Gasteiger partial charge in [-0.05, 0) is 37.5 Å². The molecule has 2 saturated heterocycles. The molecule has 0 aliphatic carbocycles. The molecule has 2 aliphatic rings. The van der Waals surface area contributed by atoms with E-state index in [1.165, 1.54) is 0 Å². The Morgan fingerprint density at radius 3 is 2.61 bits per heavy atom. The summed E-state index contributed by atoms with van der Waals surface area (Å²) >= 11 is 0. The Bertz CT molecular complexity index is 658. The fraction of sp³-hybridized carbons (Fsp3) is 0.600. The summed E-state index contributed by atoms with van der Waals surface area (Å²) in [5.74, 6) is -0.317. The second-order valence-electron chi connectivity index (χ2n) is 7.10. The summed E-state index contributed by atoms with van der Waals surface area (Å²) in [5, 5.41) is 0. The van der Waals surface area contributed by atoms with Crippen LogP contribution in [0.1, 0.15) is 25.3 Å². The maximum atomic E-state index is 12.2. The molecule has 2 fully saturated rings. The molecule has 0 saturated carbocycles. The average Bonchev–Trinajstić information content (AvgIpc) is 3.08. The predicted octanol–water partition coefficient (Wildman–Crippen LogP) is 1.51. The van der Waals surface area contributed by atoms with Gasteiger partial charge in [-0.2, -0.15) is 0 Å². The fourth-order valence-corrected chi connectivity index (χ4v) is 3.57. The minimum atomic E-state index is -0.317. The van der Waals surface area contributed by atoms with Crippen LogP contribution in [0.5, 0.6) is 0 Å². The molecule has 8 nitrogen and oxygen atoms in total. The quantitative estimate of drug-likeness (QED) is 0.671. The van der Waals surface area contributed by atoms with Crippen molar-refractivity contribution in [3.8, 4) is 0 Å². The number of ether oxygens (including phenoxy) is 3. The van der Waals surface area contributed by atoms with Gasteiger partial charge in [0.05, 0.1) is 19.3 Å². The smallest absolute Gasteiger partial charge is 0.414 e. The summed E-state index contributed by atoms with van der Waals surface area (Å²) in [7, 11) is 0. The first kappa shape index (κ1) is 20.6. The summed E-state index contributed by atoms with van der Waals surface area (Å²) in [6, 6.07) is 7.66. The molecule has 28 heavy (non-hydrogen) atoms.